The first-order valence-corrected chi connectivity index (χ1v) is 10.8. The van der Waals surface area contributed by atoms with Crippen LogP contribution >= 0.6 is 22.9 Å². The molecule has 0 radical (unpaired) electrons. The van der Waals surface area contributed by atoms with E-state index in [-0.39, 0.29) is 16.6 Å². The fraction of sp³-hybridized carbons (Fsp3) is 0.143. The zero-order valence-corrected chi connectivity index (χ0v) is 18.6. The van der Waals surface area contributed by atoms with Crippen LogP contribution in [0.1, 0.15) is 23.9 Å². The summed E-state index contributed by atoms with van der Waals surface area (Å²) in [7, 11) is 0. The quantitative estimate of drug-likeness (QED) is 0.243. The van der Waals surface area contributed by atoms with Crippen molar-refractivity contribution in [2.24, 2.45) is 0 Å². The van der Waals surface area contributed by atoms with Crippen LogP contribution in [0.25, 0.3) is 21.6 Å². The van der Waals surface area contributed by atoms with E-state index in [9.17, 15) is 14.9 Å². The van der Waals surface area contributed by atoms with Crippen molar-refractivity contribution >= 4 is 51.3 Å². The molecule has 2 aromatic carbocycles. The van der Waals surface area contributed by atoms with Gasteiger partial charge in [-0.15, -0.1) is 10.2 Å². The van der Waals surface area contributed by atoms with Gasteiger partial charge in [-0.3, -0.25) is 14.9 Å². The Balaban J connectivity index is 1.54. The number of benzene rings is 2. The van der Waals surface area contributed by atoms with Gasteiger partial charge in [0.15, 0.2) is 5.82 Å². The summed E-state index contributed by atoms with van der Waals surface area (Å²) in [5.74, 6) is 0.421. The molecule has 0 spiro atoms. The zero-order chi connectivity index (χ0) is 22.8. The minimum atomic E-state index is -0.566. The third-order valence-corrected chi connectivity index (χ3v) is 5.98. The van der Waals surface area contributed by atoms with Crippen LogP contribution in [0, 0.1) is 17.0 Å². The Labute approximate surface area is 191 Å². The second kappa shape index (κ2) is 8.85. The molecule has 32 heavy (non-hydrogen) atoms. The maximum Gasteiger partial charge on any atom is 0.288 e. The number of halogens is 1. The van der Waals surface area contributed by atoms with Gasteiger partial charge in [-0.25, -0.2) is 0 Å². The van der Waals surface area contributed by atoms with E-state index in [0.717, 1.165) is 28.4 Å². The lowest BCUT2D eigenvalue weighted by Gasteiger charge is -2.08. The van der Waals surface area contributed by atoms with Gasteiger partial charge in [0.2, 0.25) is 10.9 Å². The number of aromatic nitrogens is 4. The summed E-state index contributed by atoms with van der Waals surface area (Å²) in [6.45, 7) is 3.88. The van der Waals surface area contributed by atoms with Crippen molar-refractivity contribution in [1.29, 1.82) is 0 Å². The van der Waals surface area contributed by atoms with Crippen molar-refractivity contribution in [3.8, 4) is 10.6 Å². The van der Waals surface area contributed by atoms with Gasteiger partial charge in [-0.1, -0.05) is 48.1 Å². The first-order valence-electron chi connectivity index (χ1n) is 9.61. The molecule has 9 nitrogen and oxygen atoms in total. The predicted octanol–water partition coefficient (Wildman–Crippen LogP) is 4.94. The van der Waals surface area contributed by atoms with Gasteiger partial charge < -0.3 is 5.32 Å². The summed E-state index contributed by atoms with van der Waals surface area (Å²) in [6.07, 6.45) is 3.53. The molecule has 0 bridgehead atoms. The summed E-state index contributed by atoms with van der Waals surface area (Å²) in [5.41, 5.74) is 2.65. The number of nitrogens with zero attached hydrogens (tertiary/aromatic N) is 5. The number of carbonyl (C=O) groups is 1. The SMILES string of the molecule is CCc1nnc2sc(-c3ccc(C)c(NC(=O)/C=C/c4ccc(Cl)c([N+](=O)[O-])c4)c3)nn12. The van der Waals surface area contributed by atoms with Crippen LogP contribution in [-0.4, -0.2) is 30.6 Å². The highest BCUT2D eigenvalue weighted by molar-refractivity contribution is 7.19. The lowest BCUT2D eigenvalue weighted by atomic mass is 10.1. The second-order valence-electron chi connectivity index (χ2n) is 6.89. The van der Waals surface area contributed by atoms with Gasteiger partial charge in [0.1, 0.15) is 10.0 Å². The number of nitro benzene ring substituents is 1. The molecule has 0 aliphatic heterocycles. The average molecular weight is 469 g/mol. The van der Waals surface area contributed by atoms with Crippen molar-refractivity contribution < 1.29 is 9.72 Å². The van der Waals surface area contributed by atoms with Crippen LogP contribution in [0.4, 0.5) is 11.4 Å². The molecular weight excluding hydrogens is 452 g/mol. The molecule has 0 atom stereocenters. The zero-order valence-electron chi connectivity index (χ0n) is 17.1. The second-order valence-corrected chi connectivity index (χ2v) is 8.25. The van der Waals surface area contributed by atoms with Crippen LogP contribution in [0.5, 0.6) is 0 Å². The highest BCUT2D eigenvalue weighted by Crippen LogP contribution is 2.29. The largest absolute Gasteiger partial charge is 0.322 e. The van der Waals surface area contributed by atoms with E-state index < -0.39 is 4.92 Å². The number of hydrogen-bond donors (Lipinski definition) is 1. The number of fused-ring (bicyclic) bond motifs is 1. The van der Waals surface area contributed by atoms with Gasteiger partial charge in [-0.2, -0.15) is 9.61 Å². The Morgan fingerprint density at radius 3 is 2.84 bits per heavy atom. The topological polar surface area (TPSA) is 115 Å². The number of anilines is 1. The molecule has 11 heteroatoms. The van der Waals surface area contributed by atoms with Crippen molar-refractivity contribution in [3.05, 3.63) is 74.6 Å². The van der Waals surface area contributed by atoms with E-state index in [1.54, 1.807) is 10.6 Å². The Kier molecular flexibility index (Phi) is 5.97. The Bertz CT molecular complexity index is 1380. The molecule has 1 amide bonds. The van der Waals surface area contributed by atoms with Crippen LogP contribution in [-0.2, 0) is 11.2 Å². The number of nitrogens with one attached hydrogen (secondary N) is 1. The predicted molar refractivity (Wildman–Crippen MR) is 124 cm³/mol. The van der Waals surface area contributed by atoms with Gasteiger partial charge >= 0.3 is 0 Å². The Morgan fingerprint density at radius 1 is 1.28 bits per heavy atom. The van der Waals surface area contributed by atoms with Gasteiger partial charge in [0, 0.05) is 29.8 Å². The van der Waals surface area contributed by atoms with Crippen LogP contribution in [0.3, 0.4) is 0 Å². The minimum Gasteiger partial charge on any atom is -0.322 e. The standard InChI is InChI=1S/C21H17ClN6O3S/c1-3-18-24-25-21-27(18)26-20(32-21)14-7-4-12(2)16(11-14)23-19(29)9-6-13-5-8-15(22)17(10-13)28(30)31/h4-11H,3H2,1-2H3,(H,23,29)/b9-6+. The molecule has 162 valence electrons. The Hall–Kier alpha value is -3.63. The molecule has 0 saturated carbocycles. The monoisotopic (exact) mass is 468 g/mol. The Morgan fingerprint density at radius 2 is 2.09 bits per heavy atom. The number of aryl methyl sites for hydroxylation is 2. The molecule has 0 aliphatic carbocycles. The fourth-order valence-electron chi connectivity index (χ4n) is 3.00. The van der Waals surface area contributed by atoms with E-state index in [2.05, 4.69) is 20.6 Å². The lowest BCUT2D eigenvalue weighted by molar-refractivity contribution is -0.384. The lowest BCUT2D eigenvalue weighted by Crippen LogP contribution is -2.09. The van der Waals surface area contributed by atoms with Crippen molar-refractivity contribution in [2.75, 3.05) is 5.32 Å². The molecular formula is C21H17ClN6O3S. The first kappa shape index (κ1) is 21.6. The van der Waals surface area contributed by atoms with Crippen molar-refractivity contribution in [3.63, 3.8) is 0 Å². The van der Waals surface area contributed by atoms with Crippen LogP contribution in [0.2, 0.25) is 5.02 Å². The maximum absolute atomic E-state index is 12.5. The average Bonchev–Trinajstić information content (AvgIpc) is 3.35. The summed E-state index contributed by atoms with van der Waals surface area (Å²) in [4.78, 5) is 23.6. The number of hydrogen-bond acceptors (Lipinski definition) is 7. The van der Waals surface area contributed by atoms with Gasteiger partial charge in [-0.05, 0) is 36.3 Å². The van der Waals surface area contributed by atoms with E-state index >= 15 is 0 Å². The minimum absolute atomic E-state index is 0.0421. The fourth-order valence-corrected chi connectivity index (χ4v) is 4.04. The summed E-state index contributed by atoms with van der Waals surface area (Å²) in [5, 5.41) is 27.5. The molecule has 0 fully saturated rings. The van der Waals surface area contributed by atoms with E-state index in [4.69, 9.17) is 11.6 Å². The van der Waals surface area contributed by atoms with Crippen LogP contribution in [0.15, 0.2) is 42.5 Å². The van der Waals surface area contributed by atoms with E-state index in [0.29, 0.717) is 16.2 Å². The van der Waals surface area contributed by atoms with E-state index in [1.807, 2.05) is 32.0 Å². The summed E-state index contributed by atoms with van der Waals surface area (Å²) in [6, 6.07) is 10.0. The molecule has 2 heterocycles. The van der Waals surface area contributed by atoms with Crippen molar-refractivity contribution in [2.45, 2.75) is 20.3 Å². The number of carbonyl (C=O) groups excluding carboxylic acids is 1. The summed E-state index contributed by atoms with van der Waals surface area (Å²) < 4.78 is 1.73. The first-order chi connectivity index (χ1) is 15.4. The van der Waals surface area contributed by atoms with Gasteiger partial charge in [0.05, 0.1) is 4.92 Å². The highest BCUT2D eigenvalue weighted by Gasteiger charge is 2.14. The van der Waals surface area contributed by atoms with E-state index in [1.165, 1.54) is 35.6 Å². The third-order valence-electron chi connectivity index (χ3n) is 4.71. The number of nitro groups is 1. The normalized spacial score (nSPS) is 11.3. The molecule has 0 unspecified atom stereocenters. The molecule has 4 rings (SSSR count). The maximum atomic E-state index is 12.5. The van der Waals surface area contributed by atoms with Gasteiger partial charge in [0.25, 0.3) is 5.69 Å². The van der Waals surface area contributed by atoms with Crippen LogP contribution < -0.4 is 5.32 Å². The number of amides is 1. The highest BCUT2D eigenvalue weighted by atomic mass is 35.5. The number of rotatable bonds is 6. The molecule has 2 aromatic heterocycles. The van der Waals surface area contributed by atoms with Crippen molar-refractivity contribution in [1.82, 2.24) is 19.8 Å². The molecule has 1 N–H and O–H groups in total. The third kappa shape index (κ3) is 4.36. The smallest absolute Gasteiger partial charge is 0.288 e. The summed E-state index contributed by atoms with van der Waals surface area (Å²) >= 11 is 7.24. The molecule has 4 aromatic rings. The molecule has 0 aliphatic rings. The molecule has 0 saturated heterocycles.